The SMILES string of the molecule is Nc1ccccc1S[SH](F)c1ccccc1N. The molecule has 0 spiro atoms. The van der Waals surface area contributed by atoms with Gasteiger partial charge in [0.25, 0.3) is 0 Å². The summed E-state index contributed by atoms with van der Waals surface area (Å²) in [6.07, 6.45) is 0. The summed E-state index contributed by atoms with van der Waals surface area (Å²) in [5.74, 6) is 0. The fourth-order valence-corrected chi connectivity index (χ4v) is 4.22. The lowest BCUT2D eigenvalue weighted by molar-refractivity contribution is 0.930. The van der Waals surface area contributed by atoms with Crippen LogP contribution >= 0.6 is 21.1 Å². The zero-order valence-electron chi connectivity index (χ0n) is 9.01. The minimum absolute atomic E-state index is 0.489. The number of anilines is 2. The molecule has 0 aliphatic rings. The lowest BCUT2D eigenvalue weighted by atomic mass is 10.3. The third-order valence-electron chi connectivity index (χ3n) is 2.22. The van der Waals surface area contributed by atoms with Gasteiger partial charge >= 0.3 is 0 Å². The van der Waals surface area contributed by atoms with E-state index in [-0.39, 0.29) is 0 Å². The average Bonchev–Trinajstić information content (AvgIpc) is 2.32. The van der Waals surface area contributed by atoms with Crippen LogP contribution in [0.2, 0.25) is 0 Å². The number of hydrogen-bond acceptors (Lipinski definition) is 3. The number of hydrogen-bond donors (Lipinski definition) is 3. The van der Waals surface area contributed by atoms with Gasteiger partial charge in [0.1, 0.15) is 0 Å². The Bertz CT molecular complexity index is 519. The maximum absolute atomic E-state index is 14.2. The molecule has 17 heavy (non-hydrogen) atoms. The molecule has 0 aromatic heterocycles. The monoisotopic (exact) mass is 268 g/mol. The van der Waals surface area contributed by atoms with Gasteiger partial charge in [0.2, 0.25) is 0 Å². The van der Waals surface area contributed by atoms with Crippen molar-refractivity contribution in [3.05, 3.63) is 48.5 Å². The Morgan fingerprint density at radius 2 is 1.47 bits per heavy atom. The highest BCUT2D eigenvalue weighted by Gasteiger charge is 2.11. The van der Waals surface area contributed by atoms with Crippen LogP contribution in [0.3, 0.4) is 0 Å². The molecule has 0 radical (unpaired) electrons. The summed E-state index contributed by atoms with van der Waals surface area (Å²) in [5, 5.41) is 0. The first kappa shape index (κ1) is 12.1. The minimum atomic E-state index is -1.88. The summed E-state index contributed by atoms with van der Waals surface area (Å²) in [6.45, 7) is 0. The van der Waals surface area contributed by atoms with Gasteiger partial charge in [-0.2, -0.15) is 3.89 Å². The van der Waals surface area contributed by atoms with E-state index >= 15 is 0 Å². The van der Waals surface area contributed by atoms with Crippen molar-refractivity contribution in [2.45, 2.75) is 9.79 Å². The molecule has 0 aliphatic carbocycles. The third-order valence-corrected chi connectivity index (χ3v) is 5.40. The molecule has 2 aromatic rings. The summed E-state index contributed by atoms with van der Waals surface area (Å²) in [6, 6.07) is 14.3. The minimum Gasteiger partial charge on any atom is -0.398 e. The molecule has 0 fully saturated rings. The van der Waals surface area contributed by atoms with Gasteiger partial charge in [-0.1, -0.05) is 24.3 Å². The maximum Gasteiger partial charge on any atom is 0.0476 e. The van der Waals surface area contributed by atoms with Crippen molar-refractivity contribution in [3.8, 4) is 0 Å². The van der Waals surface area contributed by atoms with Crippen molar-refractivity contribution in [2.24, 2.45) is 0 Å². The highest BCUT2D eigenvalue weighted by molar-refractivity contribution is 8.83. The molecular weight excluding hydrogens is 255 g/mol. The van der Waals surface area contributed by atoms with E-state index in [4.69, 9.17) is 11.5 Å². The molecule has 4 N–H and O–H groups in total. The van der Waals surface area contributed by atoms with Crippen LogP contribution in [-0.4, -0.2) is 0 Å². The van der Waals surface area contributed by atoms with E-state index in [2.05, 4.69) is 0 Å². The Labute approximate surface area is 106 Å². The first-order chi connectivity index (χ1) is 8.18. The smallest absolute Gasteiger partial charge is 0.0476 e. The van der Waals surface area contributed by atoms with Crippen molar-refractivity contribution < 1.29 is 3.89 Å². The number of nitrogens with two attached hydrogens (primary N) is 2. The maximum atomic E-state index is 14.2. The Morgan fingerprint density at radius 3 is 2.12 bits per heavy atom. The van der Waals surface area contributed by atoms with E-state index in [0.29, 0.717) is 16.3 Å². The van der Waals surface area contributed by atoms with Gasteiger partial charge in [0.05, 0.1) is 0 Å². The Hall–Kier alpha value is -1.33. The van der Waals surface area contributed by atoms with E-state index in [9.17, 15) is 3.89 Å². The van der Waals surface area contributed by atoms with Gasteiger partial charge in [-0.3, -0.25) is 0 Å². The molecule has 0 saturated heterocycles. The van der Waals surface area contributed by atoms with Gasteiger partial charge < -0.3 is 11.5 Å². The second kappa shape index (κ2) is 5.33. The van der Waals surface area contributed by atoms with Crippen molar-refractivity contribution in [3.63, 3.8) is 0 Å². The molecule has 0 aliphatic heterocycles. The van der Waals surface area contributed by atoms with Crippen LogP contribution in [0.1, 0.15) is 0 Å². The lowest BCUT2D eigenvalue weighted by Gasteiger charge is -2.14. The lowest BCUT2D eigenvalue weighted by Crippen LogP contribution is -1.89. The predicted molar refractivity (Wildman–Crippen MR) is 75.9 cm³/mol. The zero-order chi connectivity index (χ0) is 12.3. The normalized spacial score (nSPS) is 13.4. The molecule has 1 unspecified atom stereocenters. The summed E-state index contributed by atoms with van der Waals surface area (Å²) in [5.41, 5.74) is 12.6. The molecule has 0 heterocycles. The fraction of sp³-hybridized carbons (Fsp3) is 0. The number of nitrogen functional groups attached to an aromatic ring is 2. The van der Waals surface area contributed by atoms with E-state index < -0.39 is 10.3 Å². The summed E-state index contributed by atoms with van der Waals surface area (Å²) >= 11 is 0. The molecular formula is C12H13FN2S2. The molecule has 2 rings (SSSR count). The van der Waals surface area contributed by atoms with E-state index in [0.717, 1.165) is 15.7 Å². The van der Waals surface area contributed by atoms with Crippen LogP contribution in [0, 0.1) is 0 Å². The van der Waals surface area contributed by atoms with Gasteiger partial charge in [-0.15, -0.1) is 0 Å². The molecule has 5 heteroatoms. The van der Waals surface area contributed by atoms with Crippen LogP contribution in [0.25, 0.3) is 0 Å². The summed E-state index contributed by atoms with van der Waals surface area (Å²) in [4.78, 5) is 1.31. The fourth-order valence-electron chi connectivity index (χ4n) is 1.35. The highest BCUT2D eigenvalue weighted by Crippen LogP contribution is 2.55. The molecule has 90 valence electrons. The topological polar surface area (TPSA) is 52.0 Å². The van der Waals surface area contributed by atoms with Gasteiger partial charge in [-0.25, -0.2) is 0 Å². The molecule has 0 saturated carbocycles. The van der Waals surface area contributed by atoms with E-state index in [1.54, 1.807) is 30.3 Å². The number of rotatable bonds is 3. The van der Waals surface area contributed by atoms with E-state index in [1.807, 2.05) is 18.2 Å². The Balaban J connectivity index is 2.20. The molecule has 2 nitrogen and oxygen atoms in total. The van der Waals surface area contributed by atoms with Crippen molar-refractivity contribution in [1.29, 1.82) is 0 Å². The first-order valence-electron chi connectivity index (χ1n) is 5.01. The Kier molecular flexibility index (Phi) is 3.81. The average molecular weight is 268 g/mol. The molecule has 0 amide bonds. The number of para-hydroxylation sites is 2. The van der Waals surface area contributed by atoms with Crippen LogP contribution in [-0.2, 0) is 0 Å². The van der Waals surface area contributed by atoms with Gasteiger partial charge in [0, 0.05) is 21.2 Å². The number of thiol groups is 1. The van der Waals surface area contributed by atoms with Crippen molar-refractivity contribution in [2.75, 3.05) is 11.5 Å². The summed E-state index contributed by atoms with van der Waals surface area (Å²) in [7, 11) is -0.747. The van der Waals surface area contributed by atoms with Crippen LogP contribution in [0.4, 0.5) is 15.3 Å². The third kappa shape index (κ3) is 2.87. The van der Waals surface area contributed by atoms with Crippen LogP contribution in [0.5, 0.6) is 0 Å². The van der Waals surface area contributed by atoms with Crippen LogP contribution < -0.4 is 11.5 Å². The highest BCUT2D eigenvalue weighted by atomic mass is 33.2. The molecule has 1 atom stereocenters. The van der Waals surface area contributed by atoms with Crippen LogP contribution in [0.15, 0.2) is 58.3 Å². The second-order valence-electron chi connectivity index (χ2n) is 3.43. The largest absolute Gasteiger partial charge is 0.398 e. The van der Waals surface area contributed by atoms with Crippen molar-refractivity contribution >= 4 is 32.5 Å². The van der Waals surface area contributed by atoms with Gasteiger partial charge in [-0.05, 0) is 45.4 Å². The predicted octanol–water partition coefficient (Wildman–Crippen LogP) is 3.80. The summed E-state index contributed by atoms with van der Waals surface area (Å²) < 4.78 is 14.2. The van der Waals surface area contributed by atoms with E-state index in [1.165, 1.54) is 0 Å². The van der Waals surface area contributed by atoms with Crippen molar-refractivity contribution in [1.82, 2.24) is 0 Å². The quantitative estimate of drug-likeness (QED) is 0.451. The first-order valence-corrected chi connectivity index (χ1v) is 7.67. The number of benzene rings is 2. The molecule has 0 bridgehead atoms. The molecule has 2 aromatic carbocycles. The zero-order valence-corrected chi connectivity index (χ0v) is 10.7. The number of halogens is 1. The van der Waals surface area contributed by atoms with Gasteiger partial charge in [0.15, 0.2) is 0 Å². The second-order valence-corrected chi connectivity index (χ2v) is 6.54. The standard InChI is InChI=1S/C12H13FN2S2/c13-17(12-8-4-2-6-10(12)15)16-11-7-3-1-5-9(11)14/h1-8,17H,14-15H2. The Morgan fingerprint density at radius 1 is 0.882 bits per heavy atom.